The second-order valence-electron chi connectivity index (χ2n) is 5.03. The lowest BCUT2D eigenvalue weighted by atomic mass is 9.97. The van der Waals surface area contributed by atoms with Crippen molar-refractivity contribution in [2.45, 2.75) is 25.5 Å². The lowest BCUT2D eigenvalue weighted by Crippen LogP contribution is -2.53. The molecule has 5 nitrogen and oxygen atoms in total. The van der Waals surface area contributed by atoms with Crippen molar-refractivity contribution in [3.05, 3.63) is 35.6 Å². The second kappa shape index (κ2) is 6.67. The van der Waals surface area contributed by atoms with Gasteiger partial charge in [-0.2, -0.15) is 0 Å². The van der Waals surface area contributed by atoms with Crippen molar-refractivity contribution in [1.82, 2.24) is 10.2 Å². The topological polar surface area (TPSA) is 58.6 Å². The summed E-state index contributed by atoms with van der Waals surface area (Å²) >= 11 is 0. The molecule has 0 unspecified atom stereocenters. The predicted molar refractivity (Wildman–Crippen MR) is 75.0 cm³/mol. The van der Waals surface area contributed by atoms with E-state index in [-0.39, 0.29) is 18.4 Å². The smallest absolute Gasteiger partial charge is 0.251 e. The largest absolute Gasteiger partial charge is 0.356 e. The Hall–Kier alpha value is -1.95. The Morgan fingerprint density at radius 3 is 2.95 bits per heavy atom. The summed E-state index contributed by atoms with van der Waals surface area (Å²) in [7, 11) is 1.60. The molecule has 2 atom stereocenters. The van der Waals surface area contributed by atoms with Crippen LogP contribution >= 0.6 is 0 Å². The van der Waals surface area contributed by atoms with E-state index < -0.39 is 18.0 Å². The maximum absolute atomic E-state index is 13.4. The zero-order chi connectivity index (χ0) is 15.4. The number of amides is 2. The molecule has 1 aromatic rings. The van der Waals surface area contributed by atoms with Gasteiger partial charge in [0.05, 0.1) is 6.04 Å². The summed E-state index contributed by atoms with van der Waals surface area (Å²) in [6.45, 7) is 2.33. The summed E-state index contributed by atoms with van der Waals surface area (Å²) in [6, 6.07) is 5.26. The molecule has 1 fully saturated rings. The van der Waals surface area contributed by atoms with Gasteiger partial charge in [-0.15, -0.1) is 0 Å². The number of hydrogen-bond acceptors (Lipinski definition) is 3. The highest BCUT2D eigenvalue weighted by Crippen LogP contribution is 2.29. The maximum atomic E-state index is 13.4. The van der Waals surface area contributed by atoms with E-state index in [4.69, 9.17) is 4.74 Å². The molecule has 1 aliphatic rings. The van der Waals surface area contributed by atoms with Crippen LogP contribution in [0.15, 0.2) is 24.3 Å². The van der Waals surface area contributed by atoms with Crippen molar-refractivity contribution >= 4 is 11.8 Å². The first-order valence-electron chi connectivity index (χ1n) is 6.95. The van der Waals surface area contributed by atoms with Crippen LogP contribution < -0.4 is 5.32 Å². The minimum absolute atomic E-state index is 0.146. The van der Waals surface area contributed by atoms with Crippen molar-refractivity contribution < 1.29 is 18.7 Å². The average Bonchev–Trinajstić information content (AvgIpc) is 2.47. The molecular formula is C15H19FN2O3. The van der Waals surface area contributed by atoms with Gasteiger partial charge in [0.2, 0.25) is 5.91 Å². The Kier molecular flexibility index (Phi) is 4.90. The summed E-state index contributed by atoms with van der Waals surface area (Å²) in [5.41, 5.74) is 0.544. The fraction of sp³-hybridized carbons (Fsp3) is 0.467. The monoisotopic (exact) mass is 294 g/mol. The number of ether oxygens (including phenoxy) is 1. The molecule has 114 valence electrons. The number of nitrogens with zero attached hydrogens (tertiary/aromatic N) is 1. The third kappa shape index (κ3) is 3.39. The van der Waals surface area contributed by atoms with Gasteiger partial charge in [-0.05, 0) is 24.1 Å². The third-order valence-electron chi connectivity index (χ3n) is 3.48. The van der Waals surface area contributed by atoms with Gasteiger partial charge in [0, 0.05) is 13.6 Å². The van der Waals surface area contributed by atoms with Crippen molar-refractivity contribution in [2.24, 2.45) is 0 Å². The zero-order valence-electron chi connectivity index (χ0n) is 12.1. The van der Waals surface area contributed by atoms with Crippen LogP contribution in [0.4, 0.5) is 4.39 Å². The predicted octanol–water partition coefficient (Wildman–Crippen LogP) is 1.25. The molecule has 0 bridgehead atoms. The van der Waals surface area contributed by atoms with Crippen molar-refractivity contribution in [1.29, 1.82) is 0 Å². The van der Waals surface area contributed by atoms with Crippen LogP contribution in [-0.4, -0.2) is 43.0 Å². The van der Waals surface area contributed by atoms with Crippen molar-refractivity contribution in [3.63, 3.8) is 0 Å². The van der Waals surface area contributed by atoms with Crippen molar-refractivity contribution in [3.8, 4) is 0 Å². The van der Waals surface area contributed by atoms with E-state index in [9.17, 15) is 14.0 Å². The van der Waals surface area contributed by atoms with Crippen LogP contribution in [0.2, 0.25) is 0 Å². The van der Waals surface area contributed by atoms with E-state index in [1.165, 1.54) is 17.0 Å². The van der Waals surface area contributed by atoms with Gasteiger partial charge in [-0.1, -0.05) is 19.1 Å². The van der Waals surface area contributed by atoms with E-state index in [0.717, 1.165) is 6.42 Å². The Bertz CT molecular complexity index is 535. The van der Waals surface area contributed by atoms with Gasteiger partial charge < -0.3 is 15.0 Å². The molecule has 0 aliphatic carbocycles. The van der Waals surface area contributed by atoms with Crippen LogP contribution in [0.1, 0.15) is 24.9 Å². The highest BCUT2D eigenvalue weighted by molar-refractivity contribution is 5.86. The molecule has 0 radical (unpaired) electrons. The van der Waals surface area contributed by atoms with E-state index in [1.807, 2.05) is 6.92 Å². The van der Waals surface area contributed by atoms with Gasteiger partial charge in [0.15, 0.2) is 6.10 Å². The van der Waals surface area contributed by atoms with E-state index in [1.54, 1.807) is 19.2 Å². The number of halogens is 1. The van der Waals surface area contributed by atoms with Crippen LogP contribution in [0.25, 0.3) is 0 Å². The van der Waals surface area contributed by atoms with E-state index in [0.29, 0.717) is 12.1 Å². The number of morpholine rings is 1. The molecule has 1 aliphatic heterocycles. The minimum Gasteiger partial charge on any atom is -0.356 e. The molecule has 0 aromatic heterocycles. The van der Waals surface area contributed by atoms with Crippen LogP contribution in [0, 0.1) is 5.82 Å². The lowest BCUT2D eigenvalue weighted by Gasteiger charge is -2.38. The number of hydrogen-bond donors (Lipinski definition) is 1. The molecule has 1 saturated heterocycles. The minimum atomic E-state index is -0.832. The molecule has 0 spiro atoms. The Balaban J connectivity index is 2.29. The number of benzene rings is 1. The molecule has 2 amide bonds. The van der Waals surface area contributed by atoms with Crippen LogP contribution in [-0.2, 0) is 14.3 Å². The molecule has 1 heterocycles. The van der Waals surface area contributed by atoms with Crippen molar-refractivity contribution in [2.75, 3.05) is 20.2 Å². The molecular weight excluding hydrogens is 275 g/mol. The first-order chi connectivity index (χ1) is 10.0. The molecule has 1 aromatic carbocycles. The van der Waals surface area contributed by atoms with E-state index >= 15 is 0 Å². The standard InChI is InChI=1S/C15H19FN2O3/c1-3-7-17-15(20)14-13(18(2)12(19)9-21-14)10-5-4-6-11(16)8-10/h4-6,8,13-14H,3,7,9H2,1-2H3,(H,17,20)/t13-,14-/m1/s1. The van der Waals surface area contributed by atoms with Gasteiger partial charge in [0.1, 0.15) is 12.4 Å². The quantitative estimate of drug-likeness (QED) is 0.909. The van der Waals surface area contributed by atoms with Gasteiger partial charge in [-0.3, -0.25) is 9.59 Å². The average molecular weight is 294 g/mol. The molecule has 6 heteroatoms. The number of likely N-dealkylation sites (N-methyl/N-ethyl adjacent to an activating group) is 1. The summed E-state index contributed by atoms with van der Waals surface area (Å²) in [5, 5.41) is 2.76. The number of rotatable bonds is 4. The molecule has 21 heavy (non-hydrogen) atoms. The fourth-order valence-corrected chi connectivity index (χ4v) is 2.37. The number of carbonyl (C=O) groups is 2. The second-order valence-corrected chi connectivity index (χ2v) is 5.03. The summed E-state index contributed by atoms with van der Waals surface area (Å²) in [6.07, 6.45) is -0.0289. The lowest BCUT2D eigenvalue weighted by molar-refractivity contribution is -0.162. The first-order valence-corrected chi connectivity index (χ1v) is 6.95. The van der Waals surface area contributed by atoms with Crippen LogP contribution in [0.5, 0.6) is 0 Å². The van der Waals surface area contributed by atoms with Gasteiger partial charge in [-0.25, -0.2) is 4.39 Å². The Labute approximate surface area is 123 Å². The Morgan fingerprint density at radius 2 is 2.29 bits per heavy atom. The highest BCUT2D eigenvalue weighted by Gasteiger charge is 2.39. The number of carbonyl (C=O) groups excluding carboxylic acids is 2. The zero-order valence-corrected chi connectivity index (χ0v) is 12.1. The summed E-state index contributed by atoms with van der Waals surface area (Å²) in [5.74, 6) is -0.930. The third-order valence-corrected chi connectivity index (χ3v) is 3.48. The normalized spacial score (nSPS) is 22.2. The first kappa shape index (κ1) is 15.4. The molecule has 1 N–H and O–H groups in total. The SMILES string of the molecule is CCCNC(=O)[C@@H]1OCC(=O)N(C)[C@@H]1c1cccc(F)c1. The summed E-state index contributed by atoms with van der Waals surface area (Å²) < 4.78 is 18.8. The van der Waals surface area contributed by atoms with Gasteiger partial charge in [0.25, 0.3) is 5.91 Å². The highest BCUT2D eigenvalue weighted by atomic mass is 19.1. The summed E-state index contributed by atoms with van der Waals surface area (Å²) in [4.78, 5) is 25.5. The Morgan fingerprint density at radius 1 is 1.52 bits per heavy atom. The number of nitrogens with one attached hydrogen (secondary N) is 1. The molecule has 0 saturated carbocycles. The van der Waals surface area contributed by atoms with E-state index in [2.05, 4.69) is 5.32 Å². The van der Waals surface area contributed by atoms with Gasteiger partial charge >= 0.3 is 0 Å². The molecule has 2 rings (SSSR count). The maximum Gasteiger partial charge on any atom is 0.251 e. The fourth-order valence-electron chi connectivity index (χ4n) is 2.37. The van der Waals surface area contributed by atoms with Crippen LogP contribution in [0.3, 0.4) is 0 Å².